The minimum Gasteiger partial charge on any atom is -0.465 e. The van der Waals surface area contributed by atoms with Crippen LogP contribution in [0.3, 0.4) is 0 Å². The molecule has 2 atom stereocenters. The van der Waals surface area contributed by atoms with Crippen LogP contribution in [0, 0.1) is 22.0 Å². The number of allylic oxidation sites excluding steroid dienone is 2. The van der Waals surface area contributed by atoms with E-state index in [1.807, 2.05) is 13.8 Å². The van der Waals surface area contributed by atoms with Crippen LogP contribution in [0.25, 0.3) is 5.57 Å². The predicted molar refractivity (Wildman–Crippen MR) is 105 cm³/mol. The van der Waals surface area contributed by atoms with E-state index in [0.717, 1.165) is 0 Å². The molecule has 0 saturated carbocycles. The second-order valence-electron chi connectivity index (χ2n) is 7.33. The fourth-order valence-electron chi connectivity index (χ4n) is 3.44. The van der Waals surface area contributed by atoms with Crippen molar-refractivity contribution in [1.29, 1.82) is 0 Å². The Hall–Kier alpha value is -3.36. The topological polar surface area (TPSA) is 121 Å². The van der Waals surface area contributed by atoms with Crippen LogP contribution in [0.5, 0.6) is 0 Å². The van der Waals surface area contributed by atoms with Crippen molar-refractivity contribution < 1.29 is 18.9 Å². The molecule has 152 valence electrons. The molecule has 0 bridgehead atoms. The highest BCUT2D eigenvalue weighted by atomic mass is 16.6. The summed E-state index contributed by atoms with van der Waals surface area (Å²) in [7, 11) is 0. The Morgan fingerprint density at radius 1 is 1.34 bits per heavy atom. The third-order valence-corrected chi connectivity index (χ3v) is 4.67. The summed E-state index contributed by atoms with van der Waals surface area (Å²) < 4.78 is 10.9. The highest BCUT2D eigenvalue weighted by molar-refractivity contribution is 6.06. The summed E-state index contributed by atoms with van der Waals surface area (Å²) in [5, 5.41) is 19.0. The van der Waals surface area contributed by atoms with Gasteiger partial charge in [-0.3, -0.25) is 19.9 Å². The molecule has 9 heteroatoms. The number of carbonyl (C=O) groups excluding carboxylic acids is 1. The van der Waals surface area contributed by atoms with Gasteiger partial charge in [-0.05, 0) is 25.3 Å². The summed E-state index contributed by atoms with van der Waals surface area (Å²) in [4.78, 5) is 28.4. The van der Waals surface area contributed by atoms with Crippen LogP contribution in [0.15, 0.2) is 45.8 Å². The summed E-state index contributed by atoms with van der Waals surface area (Å²) >= 11 is 0. The number of aliphatic imine (C=N–C) groups is 1. The molecule has 1 aromatic carbocycles. The molecule has 1 aliphatic heterocycles. The molecule has 0 amide bonds. The first-order valence-electron chi connectivity index (χ1n) is 9.23. The Morgan fingerprint density at radius 2 is 2.10 bits per heavy atom. The number of hydrogen-bond donors (Lipinski definition) is 0. The van der Waals surface area contributed by atoms with Crippen LogP contribution < -0.4 is 0 Å². The molecule has 0 aliphatic carbocycles. The molecular weight excluding hydrogens is 376 g/mol. The van der Waals surface area contributed by atoms with Crippen LogP contribution >= 0.6 is 0 Å². The number of ether oxygens (including phenoxy) is 1. The molecule has 2 aromatic rings. The van der Waals surface area contributed by atoms with Crippen molar-refractivity contribution in [2.75, 3.05) is 6.61 Å². The molecule has 1 aromatic heterocycles. The number of nitro benzene ring substituents is 1. The van der Waals surface area contributed by atoms with Gasteiger partial charge in [0.1, 0.15) is 5.92 Å². The fraction of sp³-hybridized carbons (Fsp3) is 0.400. The minimum atomic E-state index is -0.763. The van der Waals surface area contributed by atoms with Crippen LogP contribution in [0.1, 0.15) is 45.1 Å². The van der Waals surface area contributed by atoms with E-state index in [-0.39, 0.29) is 24.1 Å². The Labute approximate surface area is 167 Å². The molecule has 0 saturated heterocycles. The van der Waals surface area contributed by atoms with Gasteiger partial charge < -0.3 is 9.15 Å². The fourth-order valence-corrected chi connectivity index (χ4v) is 3.44. The monoisotopic (exact) mass is 398 g/mol. The van der Waals surface area contributed by atoms with Gasteiger partial charge in [-0.1, -0.05) is 26.0 Å². The van der Waals surface area contributed by atoms with Crippen molar-refractivity contribution in [3.05, 3.63) is 57.9 Å². The number of nitro groups is 1. The lowest BCUT2D eigenvalue weighted by Crippen LogP contribution is -2.34. The van der Waals surface area contributed by atoms with Gasteiger partial charge in [-0.2, -0.15) is 0 Å². The smallest absolute Gasteiger partial charge is 0.315 e. The Balaban J connectivity index is 2.14. The predicted octanol–water partition coefficient (Wildman–Crippen LogP) is 3.78. The second kappa shape index (κ2) is 8.34. The zero-order chi connectivity index (χ0) is 21.1. The highest BCUT2D eigenvalue weighted by Crippen LogP contribution is 2.44. The van der Waals surface area contributed by atoms with E-state index in [0.29, 0.717) is 22.5 Å². The average molecular weight is 398 g/mol. The molecule has 1 aliphatic rings. The van der Waals surface area contributed by atoms with E-state index < -0.39 is 22.7 Å². The van der Waals surface area contributed by atoms with Crippen LogP contribution in [-0.2, 0) is 9.53 Å². The zero-order valence-corrected chi connectivity index (χ0v) is 16.7. The van der Waals surface area contributed by atoms with Gasteiger partial charge in [0.05, 0.1) is 11.5 Å². The Bertz CT molecular complexity index is 979. The molecule has 0 N–H and O–H groups in total. The standard InChI is InChI=1S/C20H22N4O5/c1-11(2)9-28-20(25)17-13(4)22-12(3)16(19-23-21-10-29-19)18(17)14-6-5-7-15(8-14)24(26)27/h5-8,10-11,17-18H,9H2,1-4H3. The van der Waals surface area contributed by atoms with Crippen molar-refractivity contribution in [3.63, 3.8) is 0 Å². The lowest BCUT2D eigenvalue weighted by molar-refractivity contribution is -0.384. The number of esters is 1. The van der Waals surface area contributed by atoms with E-state index in [1.54, 1.807) is 26.0 Å². The number of nitrogens with zero attached hydrogens (tertiary/aromatic N) is 4. The van der Waals surface area contributed by atoms with Gasteiger partial charge in [0.2, 0.25) is 12.3 Å². The number of non-ortho nitro benzene ring substituents is 1. The lowest BCUT2D eigenvalue weighted by atomic mass is 9.75. The number of hydrogen-bond acceptors (Lipinski definition) is 8. The van der Waals surface area contributed by atoms with Crippen molar-refractivity contribution in [2.45, 2.75) is 33.6 Å². The number of carbonyl (C=O) groups is 1. The molecule has 9 nitrogen and oxygen atoms in total. The second-order valence-corrected chi connectivity index (χ2v) is 7.33. The maximum absolute atomic E-state index is 13.0. The summed E-state index contributed by atoms with van der Waals surface area (Å²) in [6.07, 6.45) is 1.19. The molecule has 2 heterocycles. The summed E-state index contributed by atoms with van der Waals surface area (Å²) in [6.45, 7) is 7.69. The number of rotatable bonds is 6. The quantitative estimate of drug-likeness (QED) is 0.412. The summed E-state index contributed by atoms with van der Waals surface area (Å²) in [5.41, 5.74) is 2.24. The first kappa shape index (κ1) is 20.4. The maximum Gasteiger partial charge on any atom is 0.315 e. The molecule has 29 heavy (non-hydrogen) atoms. The van der Waals surface area contributed by atoms with Gasteiger partial charge in [0, 0.05) is 35.0 Å². The normalized spacial score (nSPS) is 19.3. The molecular formula is C20H22N4O5. The first-order valence-corrected chi connectivity index (χ1v) is 9.23. The zero-order valence-electron chi connectivity index (χ0n) is 16.7. The van der Waals surface area contributed by atoms with Crippen molar-refractivity contribution in [3.8, 4) is 0 Å². The lowest BCUT2D eigenvalue weighted by Gasteiger charge is -2.31. The molecule has 0 fully saturated rings. The number of benzene rings is 1. The first-order chi connectivity index (χ1) is 13.8. The molecule has 0 radical (unpaired) electrons. The Kier molecular flexibility index (Phi) is 5.86. The van der Waals surface area contributed by atoms with E-state index in [9.17, 15) is 14.9 Å². The van der Waals surface area contributed by atoms with Gasteiger partial charge in [0.25, 0.3) is 5.69 Å². The van der Waals surface area contributed by atoms with Crippen LogP contribution in [0.4, 0.5) is 5.69 Å². The van der Waals surface area contributed by atoms with Gasteiger partial charge in [-0.15, -0.1) is 10.2 Å². The van der Waals surface area contributed by atoms with Gasteiger partial charge in [0.15, 0.2) is 0 Å². The van der Waals surface area contributed by atoms with Crippen molar-refractivity contribution >= 4 is 22.9 Å². The highest BCUT2D eigenvalue weighted by Gasteiger charge is 2.42. The minimum absolute atomic E-state index is 0.0699. The Morgan fingerprint density at radius 3 is 2.72 bits per heavy atom. The third-order valence-electron chi connectivity index (χ3n) is 4.67. The van der Waals surface area contributed by atoms with Crippen LogP contribution in [-0.4, -0.2) is 33.4 Å². The molecule has 0 spiro atoms. The van der Waals surface area contributed by atoms with Gasteiger partial charge >= 0.3 is 5.97 Å². The van der Waals surface area contributed by atoms with E-state index >= 15 is 0 Å². The average Bonchev–Trinajstić information content (AvgIpc) is 3.19. The summed E-state index contributed by atoms with van der Waals surface area (Å²) in [5.74, 6) is -1.42. The van der Waals surface area contributed by atoms with E-state index in [1.165, 1.54) is 18.5 Å². The molecule has 2 unspecified atom stereocenters. The van der Waals surface area contributed by atoms with E-state index in [2.05, 4.69) is 15.2 Å². The van der Waals surface area contributed by atoms with Crippen molar-refractivity contribution in [2.24, 2.45) is 16.8 Å². The largest absolute Gasteiger partial charge is 0.465 e. The summed E-state index contributed by atoms with van der Waals surface area (Å²) in [6, 6.07) is 6.19. The molecule has 3 rings (SSSR count). The maximum atomic E-state index is 13.0. The SMILES string of the molecule is CC1=NC(C)=C(c2nnco2)C(c2cccc([N+](=O)[O-])c2)C1C(=O)OCC(C)C. The van der Waals surface area contributed by atoms with Crippen LogP contribution in [0.2, 0.25) is 0 Å². The van der Waals surface area contributed by atoms with Crippen molar-refractivity contribution in [1.82, 2.24) is 10.2 Å². The van der Waals surface area contributed by atoms with E-state index in [4.69, 9.17) is 9.15 Å². The number of aromatic nitrogens is 2. The van der Waals surface area contributed by atoms with Gasteiger partial charge in [-0.25, -0.2) is 0 Å². The third kappa shape index (κ3) is 4.23.